The maximum atomic E-state index is 11.1. The molecule has 0 saturated carbocycles. The van der Waals surface area contributed by atoms with Gasteiger partial charge in [-0.2, -0.15) is 0 Å². The lowest BCUT2D eigenvalue weighted by Gasteiger charge is -2.13. The summed E-state index contributed by atoms with van der Waals surface area (Å²) in [5.74, 6) is 0.654. The van der Waals surface area contributed by atoms with Crippen molar-refractivity contribution in [2.75, 3.05) is 0 Å². The number of hydrogen-bond acceptors (Lipinski definition) is 2. The smallest absolute Gasteiger partial charge is 0.153 e. The molecule has 0 amide bonds. The molecule has 2 nitrogen and oxygen atoms in total. The summed E-state index contributed by atoms with van der Waals surface area (Å²) in [5.41, 5.74) is 3.83. The van der Waals surface area contributed by atoms with E-state index >= 15 is 0 Å². The van der Waals surface area contributed by atoms with Crippen molar-refractivity contribution in [2.24, 2.45) is 0 Å². The molecule has 0 bridgehead atoms. The van der Waals surface area contributed by atoms with Crippen molar-refractivity contribution in [1.82, 2.24) is 0 Å². The van der Waals surface area contributed by atoms with Crippen molar-refractivity contribution in [1.29, 1.82) is 0 Å². The van der Waals surface area contributed by atoms with Gasteiger partial charge in [0.05, 0.1) is 5.56 Å². The topological polar surface area (TPSA) is 26.3 Å². The lowest BCUT2D eigenvalue weighted by Crippen LogP contribution is -2.01. The van der Waals surface area contributed by atoms with E-state index in [0.29, 0.717) is 17.9 Å². The number of aldehydes is 1. The van der Waals surface area contributed by atoms with Crippen molar-refractivity contribution in [3.8, 4) is 5.75 Å². The van der Waals surface area contributed by atoms with E-state index in [0.717, 1.165) is 21.9 Å². The van der Waals surface area contributed by atoms with Crippen LogP contribution in [0.3, 0.4) is 0 Å². The predicted molar refractivity (Wildman–Crippen MR) is 79.8 cm³/mol. The van der Waals surface area contributed by atoms with Gasteiger partial charge in [0, 0.05) is 4.47 Å². The molecule has 0 N–H and O–H groups in total. The van der Waals surface area contributed by atoms with Crippen molar-refractivity contribution in [2.45, 2.75) is 20.5 Å². The summed E-state index contributed by atoms with van der Waals surface area (Å²) in [4.78, 5) is 11.1. The standard InChI is InChI=1S/C16H15BrO2/c1-11-5-3-4-6-13(11)10-19-16-12(2)7-15(17)8-14(16)9-18/h3-9H,10H2,1-2H3. The molecule has 0 saturated heterocycles. The van der Waals surface area contributed by atoms with Crippen LogP contribution in [-0.4, -0.2) is 6.29 Å². The van der Waals surface area contributed by atoms with Gasteiger partial charge < -0.3 is 4.74 Å². The normalized spacial score (nSPS) is 10.3. The molecular weight excluding hydrogens is 304 g/mol. The van der Waals surface area contributed by atoms with Gasteiger partial charge in [0.1, 0.15) is 12.4 Å². The second kappa shape index (κ2) is 6.02. The summed E-state index contributed by atoms with van der Waals surface area (Å²) in [6.07, 6.45) is 0.824. The van der Waals surface area contributed by atoms with E-state index in [-0.39, 0.29) is 0 Å². The van der Waals surface area contributed by atoms with Gasteiger partial charge >= 0.3 is 0 Å². The highest BCUT2D eigenvalue weighted by Crippen LogP contribution is 2.27. The van der Waals surface area contributed by atoms with E-state index in [1.165, 1.54) is 5.56 Å². The SMILES string of the molecule is Cc1ccccc1COc1c(C)cc(Br)cc1C=O. The Hall–Kier alpha value is -1.61. The van der Waals surface area contributed by atoms with Crippen LogP contribution in [0.4, 0.5) is 0 Å². The van der Waals surface area contributed by atoms with Crippen LogP contribution in [-0.2, 0) is 6.61 Å². The van der Waals surface area contributed by atoms with Gasteiger partial charge in [-0.05, 0) is 42.7 Å². The fourth-order valence-electron chi connectivity index (χ4n) is 1.96. The number of halogens is 1. The summed E-state index contributed by atoms with van der Waals surface area (Å²) >= 11 is 3.38. The average molecular weight is 319 g/mol. The van der Waals surface area contributed by atoms with Crippen LogP contribution in [0.2, 0.25) is 0 Å². The Labute approximate surface area is 121 Å². The Morgan fingerprint density at radius 3 is 2.58 bits per heavy atom. The average Bonchev–Trinajstić information content (AvgIpc) is 2.38. The first-order chi connectivity index (χ1) is 9.11. The maximum Gasteiger partial charge on any atom is 0.153 e. The van der Waals surface area contributed by atoms with Gasteiger partial charge in [-0.15, -0.1) is 0 Å². The second-order valence-corrected chi connectivity index (χ2v) is 5.39. The van der Waals surface area contributed by atoms with Crippen LogP contribution in [0.5, 0.6) is 5.75 Å². The molecule has 3 heteroatoms. The molecule has 0 atom stereocenters. The van der Waals surface area contributed by atoms with E-state index < -0.39 is 0 Å². The fraction of sp³-hybridized carbons (Fsp3) is 0.188. The van der Waals surface area contributed by atoms with Gasteiger partial charge in [-0.3, -0.25) is 4.79 Å². The molecule has 0 aliphatic carbocycles. The second-order valence-electron chi connectivity index (χ2n) is 4.47. The predicted octanol–water partition coefficient (Wildman–Crippen LogP) is 4.46. The molecule has 0 spiro atoms. The monoisotopic (exact) mass is 318 g/mol. The zero-order valence-electron chi connectivity index (χ0n) is 10.9. The Balaban J connectivity index is 2.25. The molecule has 0 aromatic heterocycles. The van der Waals surface area contributed by atoms with Crippen molar-refractivity contribution >= 4 is 22.2 Å². The molecule has 0 aliphatic heterocycles. The molecule has 0 aliphatic rings. The summed E-state index contributed by atoms with van der Waals surface area (Å²) in [5, 5.41) is 0. The zero-order valence-corrected chi connectivity index (χ0v) is 12.5. The number of carbonyl (C=O) groups excluding carboxylic acids is 1. The number of ether oxygens (including phenoxy) is 1. The van der Waals surface area contributed by atoms with Crippen LogP contribution in [0.25, 0.3) is 0 Å². The van der Waals surface area contributed by atoms with Crippen molar-refractivity contribution in [3.05, 3.63) is 63.1 Å². The number of aryl methyl sites for hydroxylation is 2. The van der Waals surface area contributed by atoms with Gasteiger partial charge in [0.2, 0.25) is 0 Å². The van der Waals surface area contributed by atoms with Crippen molar-refractivity contribution in [3.63, 3.8) is 0 Å². The number of hydrogen-bond donors (Lipinski definition) is 0. The lowest BCUT2D eigenvalue weighted by molar-refractivity contribution is 0.111. The van der Waals surface area contributed by atoms with Gasteiger partial charge in [0.15, 0.2) is 6.29 Å². The molecule has 0 fully saturated rings. The third kappa shape index (κ3) is 3.24. The summed E-state index contributed by atoms with van der Waals surface area (Å²) in [6, 6.07) is 11.8. The zero-order chi connectivity index (χ0) is 13.8. The highest BCUT2D eigenvalue weighted by molar-refractivity contribution is 9.10. The summed E-state index contributed by atoms with van der Waals surface area (Å²) in [6.45, 7) is 4.45. The molecule has 0 heterocycles. The number of carbonyl (C=O) groups is 1. The molecule has 98 valence electrons. The van der Waals surface area contributed by atoms with Gasteiger partial charge in [-0.25, -0.2) is 0 Å². The minimum absolute atomic E-state index is 0.468. The first-order valence-corrected chi connectivity index (χ1v) is 6.83. The Bertz CT molecular complexity index is 606. The van der Waals surface area contributed by atoms with E-state index in [9.17, 15) is 4.79 Å². The number of benzene rings is 2. The summed E-state index contributed by atoms with van der Waals surface area (Å²) < 4.78 is 6.71. The molecule has 2 aromatic carbocycles. The van der Waals surface area contributed by atoms with Crippen LogP contribution in [0, 0.1) is 13.8 Å². The minimum Gasteiger partial charge on any atom is -0.488 e. The third-order valence-corrected chi connectivity index (χ3v) is 3.49. The molecule has 2 rings (SSSR count). The highest BCUT2D eigenvalue weighted by atomic mass is 79.9. The fourth-order valence-corrected chi connectivity index (χ4v) is 2.55. The van der Waals surface area contributed by atoms with Crippen LogP contribution >= 0.6 is 15.9 Å². The molecule has 2 aromatic rings. The molecular formula is C16H15BrO2. The largest absolute Gasteiger partial charge is 0.488 e. The lowest BCUT2D eigenvalue weighted by atomic mass is 10.1. The van der Waals surface area contributed by atoms with E-state index in [1.807, 2.05) is 44.2 Å². The van der Waals surface area contributed by atoms with Crippen LogP contribution in [0.1, 0.15) is 27.0 Å². The highest BCUT2D eigenvalue weighted by Gasteiger charge is 2.09. The van der Waals surface area contributed by atoms with Gasteiger partial charge in [-0.1, -0.05) is 40.2 Å². The van der Waals surface area contributed by atoms with E-state index in [2.05, 4.69) is 15.9 Å². The minimum atomic E-state index is 0.468. The molecule has 0 radical (unpaired) electrons. The Morgan fingerprint density at radius 2 is 1.89 bits per heavy atom. The van der Waals surface area contributed by atoms with Crippen LogP contribution in [0.15, 0.2) is 40.9 Å². The summed E-state index contributed by atoms with van der Waals surface area (Å²) in [7, 11) is 0. The molecule has 19 heavy (non-hydrogen) atoms. The maximum absolute atomic E-state index is 11.1. The Kier molecular flexibility index (Phi) is 4.38. The first kappa shape index (κ1) is 13.8. The van der Waals surface area contributed by atoms with Crippen LogP contribution < -0.4 is 4.74 Å². The Morgan fingerprint density at radius 1 is 1.16 bits per heavy atom. The number of rotatable bonds is 4. The third-order valence-electron chi connectivity index (χ3n) is 3.03. The van der Waals surface area contributed by atoms with Crippen molar-refractivity contribution < 1.29 is 9.53 Å². The first-order valence-electron chi connectivity index (χ1n) is 6.04. The van der Waals surface area contributed by atoms with E-state index in [1.54, 1.807) is 6.07 Å². The van der Waals surface area contributed by atoms with E-state index in [4.69, 9.17) is 4.74 Å². The quantitative estimate of drug-likeness (QED) is 0.778. The molecule has 0 unspecified atom stereocenters. The van der Waals surface area contributed by atoms with Gasteiger partial charge in [0.25, 0.3) is 0 Å².